The molecule has 1 N–H and O–H groups in total. The number of nitrogens with one attached hydrogen (secondary N) is 1. The molecule has 2 aromatic carbocycles. The summed E-state index contributed by atoms with van der Waals surface area (Å²) in [6.45, 7) is 0.988. The second-order valence-electron chi connectivity index (χ2n) is 5.56. The van der Waals surface area contributed by atoms with Crippen molar-refractivity contribution in [1.29, 1.82) is 0 Å². The SMILES string of the molecule is COCCn1nc(CNC(=O)c2ccccc2)c2ccccc2c1=O. The summed E-state index contributed by atoms with van der Waals surface area (Å²) in [5.74, 6) is -0.180. The van der Waals surface area contributed by atoms with Crippen molar-refractivity contribution in [2.75, 3.05) is 13.7 Å². The van der Waals surface area contributed by atoms with E-state index in [9.17, 15) is 9.59 Å². The van der Waals surface area contributed by atoms with E-state index in [0.29, 0.717) is 29.8 Å². The third-order valence-corrected chi connectivity index (χ3v) is 3.90. The van der Waals surface area contributed by atoms with Crippen molar-refractivity contribution in [3.63, 3.8) is 0 Å². The van der Waals surface area contributed by atoms with Crippen LogP contribution in [0.3, 0.4) is 0 Å². The molecule has 0 fully saturated rings. The van der Waals surface area contributed by atoms with Crippen LogP contribution in [0.15, 0.2) is 59.4 Å². The molecule has 6 heteroatoms. The fourth-order valence-electron chi connectivity index (χ4n) is 2.62. The van der Waals surface area contributed by atoms with Gasteiger partial charge in [0.05, 0.1) is 30.8 Å². The normalized spacial score (nSPS) is 10.8. The lowest BCUT2D eigenvalue weighted by atomic mass is 10.1. The van der Waals surface area contributed by atoms with Gasteiger partial charge in [0.15, 0.2) is 0 Å². The van der Waals surface area contributed by atoms with Gasteiger partial charge in [0.25, 0.3) is 11.5 Å². The summed E-state index contributed by atoms with van der Waals surface area (Å²) < 4.78 is 6.42. The van der Waals surface area contributed by atoms with Crippen LogP contribution < -0.4 is 10.9 Å². The molecular weight excluding hydrogens is 318 g/mol. The average molecular weight is 337 g/mol. The van der Waals surface area contributed by atoms with Crippen molar-refractivity contribution in [1.82, 2.24) is 15.1 Å². The quantitative estimate of drug-likeness (QED) is 0.746. The van der Waals surface area contributed by atoms with Gasteiger partial charge in [-0.1, -0.05) is 36.4 Å². The van der Waals surface area contributed by atoms with Crippen molar-refractivity contribution in [3.05, 3.63) is 76.2 Å². The van der Waals surface area contributed by atoms with Gasteiger partial charge >= 0.3 is 0 Å². The molecule has 0 aliphatic carbocycles. The maximum absolute atomic E-state index is 12.5. The Kier molecular flexibility index (Phi) is 5.20. The molecule has 0 bridgehead atoms. The fourth-order valence-corrected chi connectivity index (χ4v) is 2.62. The van der Waals surface area contributed by atoms with Crippen LogP contribution >= 0.6 is 0 Å². The number of amides is 1. The van der Waals surface area contributed by atoms with E-state index in [0.717, 1.165) is 5.39 Å². The first-order valence-corrected chi connectivity index (χ1v) is 8.01. The third-order valence-electron chi connectivity index (χ3n) is 3.90. The van der Waals surface area contributed by atoms with Gasteiger partial charge in [0.1, 0.15) is 0 Å². The van der Waals surface area contributed by atoms with Gasteiger partial charge in [-0.05, 0) is 18.2 Å². The van der Waals surface area contributed by atoms with E-state index in [1.165, 1.54) is 4.68 Å². The minimum atomic E-state index is -0.180. The Morgan fingerprint density at radius 3 is 2.48 bits per heavy atom. The minimum Gasteiger partial charge on any atom is -0.383 e. The fraction of sp³-hybridized carbons (Fsp3) is 0.211. The summed E-state index contributed by atoms with van der Waals surface area (Å²) in [5.41, 5.74) is 1.07. The predicted molar refractivity (Wildman–Crippen MR) is 95.5 cm³/mol. The van der Waals surface area contributed by atoms with Crippen LogP contribution in [0.2, 0.25) is 0 Å². The summed E-state index contributed by atoms with van der Waals surface area (Å²) in [4.78, 5) is 24.8. The lowest BCUT2D eigenvalue weighted by Gasteiger charge is -2.11. The van der Waals surface area contributed by atoms with Crippen LogP contribution in [0.4, 0.5) is 0 Å². The second-order valence-corrected chi connectivity index (χ2v) is 5.56. The van der Waals surface area contributed by atoms with Crippen molar-refractivity contribution in [3.8, 4) is 0 Å². The highest BCUT2D eigenvalue weighted by atomic mass is 16.5. The summed E-state index contributed by atoms with van der Waals surface area (Å²) in [5, 5.41) is 8.60. The van der Waals surface area contributed by atoms with E-state index in [4.69, 9.17) is 4.74 Å². The van der Waals surface area contributed by atoms with Crippen LogP contribution in [0.25, 0.3) is 10.8 Å². The van der Waals surface area contributed by atoms with E-state index in [2.05, 4.69) is 10.4 Å². The molecule has 0 saturated carbocycles. The van der Waals surface area contributed by atoms with Gasteiger partial charge in [-0.25, -0.2) is 4.68 Å². The Balaban J connectivity index is 1.91. The highest BCUT2D eigenvalue weighted by Gasteiger charge is 2.12. The monoisotopic (exact) mass is 337 g/mol. The largest absolute Gasteiger partial charge is 0.383 e. The Labute approximate surface area is 145 Å². The first-order valence-electron chi connectivity index (χ1n) is 8.01. The zero-order chi connectivity index (χ0) is 17.6. The molecule has 3 aromatic rings. The standard InChI is InChI=1S/C19H19N3O3/c1-25-12-11-22-19(24)16-10-6-5-9-15(16)17(21-22)13-20-18(23)14-7-3-2-4-8-14/h2-10H,11-13H2,1H3,(H,20,23). The number of hydrogen-bond acceptors (Lipinski definition) is 4. The van der Waals surface area contributed by atoms with Gasteiger partial charge in [0, 0.05) is 18.1 Å². The molecule has 0 unspecified atom stereocenters. The van der Waals surface area contributed by atoms with Crippen molar-refractivity contribution in [2.45, 2.75) is 13.1 Å². The van der Waals surface area contributed by atoms with E-state index in [-0.39, 0.29) is 18.0 Å². The maximum atomic E-state index is 12.5. The van der Waals surface area contributed by atoms with Crippen LogP contribution in [0.1, 0.15) is 16.1 Å². The molecule has 1 heterocycles. The van der Waals surface area contributed by atoms with Gasteiger partial charge in [-0.2, -0.15) is 5.10 Å². The first-order chi connectivity index (χ1) is 12.2. The van der Waals surface area contributed by atoms with Crippen LogP contribution in [0.5, 0.6) is 0 Å². The highest BCUT2D eigenvalue weighted by Crippen LogP contribution is 2.13. The number of aromatic nitrogens is 2. The van der Waals surface area contributed by atoms with Gasteiger partial charge in [-0.15, -0.1) is 0 Å². The number of ether oxygens (including phenoxy) is 1. The lowest BCUT2D eigenvalue weighted by molar-refractivity contribution is 0.0950. The molecule has 25 heavy (non-hydrogen) atoms. The number of benzene rings is 2. The summed E-state index contributed by atoms with van der Waals surface area (Å²) in [7, 11) is 1.58. The zero-order valence-corrected chi connectivity index (χ0v) is 13.9. The summed E-state index contributed by atoms with van der Waals surface area (Å²) in [6.07, 6.45) is 0. The van der Waals surface area contributed by atoms with E-state index in [1.54, 1.807) is 25.3 Å². The topological polar surface area (TPSA) is 73.2 Å². The molecule has 0 spiro atoms. The highest BCUT2D eigenvalue weighted by molar-refractivity contribution is 5.94. The van der Waals surface area contributed by atoms with Crippen molar-refractivity contribution >= 4 is 16.7 Å². The zero-order valence-electron chi connectivity index (χ0n) is 13.9. The second kappa shape index (κ2) is 7.72. The Hall–Kier alpha value is -2.99. The molecule has 0 radical (unpaired) electrons. The Morgan fingerprint density at radius 2 is 1.76 bits per heavy atom. The average Bonchev–Trinajstić information content (AvgIpc) is 2.67. The van der Waals surface area contributed by atoms with E-state index < -0.39 is 0 Å². The Morgan fingerprint density at radius 1 is 1.08 bits per heavy atom. The number of nitrogens with zero attached hydrogens (tertiary/aromatic N) is 2. The molecule has 0 saturated heterocycles. The number of fused-ring (bicyclic) bond motifs is 1. The molecule has 128 valence electrons. The molecular formula is C19H19N3O3. The predicted octanol–water partition coefficient (Wildman–Crippen LogP) is 1.97. The van der Waals surface area contributed by atoms with E-state index >= 15 is 0 Å². The number of carbonyl (C=O) groups is 1. The molecule has 0 aliphatic heterocycles. The number of methoxy groups -OCH3 is 1. The molecule has 0 aliphatic rings. The summed E-state index contributed by atoms with van der Waals surface area (Å²) in [6, 6.07) is 16.3. The van der Waals surface area contributed by atoms with Gasteiger partial charge in [0.2, 0.25) is 0 Å². The summed E-state index contributed by atoms with van der Waals surface area (Å²) >= 11 is 0. The molecule has 1 amide bonds. The minimum absolute atomic E-state index is 0.161. The van der Waals surface area contributed by atoms with Gasteiger partial charge in [-0.3, -0.25) is 9.59 Å². The van der Waals surface area contributed by atoms with Crippen LogP contribution in [0, 0.1) is 0 Å². The smallest absolute Gasteiger partial charge is 0.274 e. The maximum Gasteiger partial charge on any atom is 0.274 e. The number of carbonyl (C=O) groups excluding carboxylic acids is 1. The number of hydrogen-bond donors (Lipinski definition) is 1. The van der Waals surface area contributed by atoms with Crippen LogP contribution in [-0.2, 0) is 17.8 Å². The molecule has 0 atom stereocenters. The molecule has 6 nitrogen and oxygen atoms in total. The Bertz CT molecular complexity index is 936. The lowest BCUT2D eigenvalue weighted by Crippen LogP contribution is -2.29. The molecule has 3 rings (SSSR count). The van der Waals surface area contributed by atoms with Crippen molar-refractivity contribution in [2.24, 2.45) is 0 Å². The van der Waals surface area contributed by atoms with E-state index in [1.807, 2.05) is 36.4 Å². The third kappa shape index (κ3) is 3.75. The first kappa shape index (κ1) is 16.9. The van der Waals surface area contributed by atoms with Crippen molar-refractivity contribution < 1.29 is 9.53 Å². The van der Waals surface area contributed by atoms with Crippen LogP contribution in [-0.4, -0.2) is 29.4 Å². The molecule has 1 aromatic heterocycles. The number of rotatable bonds is 6. The van der Waals surface area contributed by atoms with Gasteiger partial charge < -0.3 is 10.1 Å².